The Balaban J connectivity index is 1.57. The number of aromatic amines is 1. The van der Waals surface area contributed by atoms with E-state index in [0.29, 0.717) is 37.2 Å². The van der Waals surface area contributed by atoms with Crippen LogP contribution in [0.4, 0.5) is 0 Å². The Kier molecular flexibility index (Phi) is 5.70. The third-order valence-corrected chi connectivity index (χ3v) is 5.84. The first-order chi connectivity index (χ1) is 14.5. The number of aromatic nitrogens is 2. The number of piperidine rings is 1. The fourth-order valence-corrected chi connectivity index (χ4v) is 4.32. The zero-order valence-electron chi connectivity index (χ0n) is 16.9. The average Bonchev–Trinajstić information content (AvgIpc) is 3.17. The maximum atomic E-state index is 12.9. The normalized spacial score (nSPS) is 19.0. The van der Waals surface area contributed by atoms with E-state index < -0.39 is 5.97 Å². The minimum Gasteiger partial charge on any atom is -0.494 e. The first-order valence-corrected chi connectivity index (χ1v) is 10.1. The van der Waals surface area contributed by atoms with Crippen LogP contribution in [-0.4, -0.2) is 52.1 Å². The highest BCUT2D eigenvalue weighted by Gasteiger charge is 2.33. The molecule has 4 rings (SSSR count). The SMILES string of the molecule is COc1cccc2[nH]c(CC3CN(C(=O)c4ccccc4)CCC3CC(=O)O)nc12. The van der Waals surface area contributed by atoms with Gasteiger partial charge in [0.25, 0.3) is 5.91 Å². The molecule has 0 bridgehead atoms. The number of ether oxygens (including phenoxy) is 1. The van der Waals surface area contributed by atoms with E-state index in [4.69, 9.17) is 4.74 Å². The highest BCUT2D eigenvalue weighted by molar-refractivity contribution is 5.94. The van der Waals surface area contributed by atoms with Crippen LogP contribution >= 0.6 is 0 Å². The highest BCUT2D eigenvalue weighted by Crippen LogP contribution is 2.31. The summed E-state index contributed by atoms with van der Waals surface area (Å²) in [6.07, 6.45) is 1.34. The van der Waals surface area contributed by atoms with Gasteiger partial charge in [-0.25, -0.2) is 4.98 Å². The number of aliphatic carboxylic acids is 1. The van der Waals surface area contributed by atoms with Crippen molar-refractivity contribution in [1.82, 2.24) is 14.9 Å². The number of carboxylic acid groups (broad SMARTS) is 1. The molecule has 1 aliphatic heterocycles. The number of benzene rings is 2. The van der Waals surface area contributed by atoms with Crippen molar-refractivity contribution in [3.8, 4) is 5.75 Å². The zero-order valence-corrected chi connectivity index (χ0v) is 16.9. The first kappa shape index (κ1) is 19.9. The number of likely N-dealkylation sites (tertiary alicyclic amines) is 1. The van der Waals surface area contributed by atoms with E-state index in [2.05, 4.69) is 9.97 Å². The van der Waals surface area contributed by atoms with Gasteiger partial charge in [-0.2, -0.15) is 0 Å². The number of imidazole rings is 1. The van der Waals surface area contributed by atoms with Crippen molar-refractivity contribution in [2.24, 2.45) is 11.8 Å². The number of rotatable bonds is 6. The lowest BCUT2D eigenvalue weighted by molar-refractivity contribution is -0.139. The van der Waals surface area contributed by atoms with Crippen molar-refractivity contribution in [3.05, 3.63) is 59.9 Å². The molecule has 1 saturated heterocycles. The molecule has 30 heavy (non-hydrogen) atoms. The predicted octanol–water partition coefficient (Wildman–Crippen LogP) is 3.37. The van der Waals surface area contributed by atoms with E-state index in [1.165, 1.54) is 0 Å². The molecule has 2 N–H and O–H groups in total. The van der Waals surface area contributed by atoms with Crippen LogP contribution in [0.1, 0.15) is 29.0 Å². The molecule has 0 radical (unpaired) electrons. The number of nitrogens with zero attached hydrogens (tertiary/aromatic N) is 2. The van der Waals surface area contributed by atoms with Gasteiger partial charge in [0.2, 0.25) is 0 Å². The van der Waals surface area contributed by atoms with Gasteiger partial charge in [0.05, 0.1) is 12.6 Å². The Morgan fingerprint density at radius 3 is 2.70 bits per heavy atom. The number of methoxy groups -OCH3 is 1. The lowest BCUT2D eigenvalue weighted by Gasteiger charge is -2.38. The molecule has 0 saturated carbocycles. The number of hydrogen-bond acceptors (Lipinski definition) is 4. The molecule has 0 spiro atoms. The van der Waals surface area contributed by atoms with Crippen molar-refractivity contribution in [2.75, 3.05) is 20.2 Å². The maximum absolute atomic E-state index is 12.9. The van der Waals surface area contributed by atoms with Crippen molar-refractivity contribution < 1.29 is 19.4 Å². The van der Waals surface area contributed by atoms with Crippen molar-refractivity contribution in [2.45, 2.75) is 19.3 Å². The molecular weight excluding hydrogens is 382 g/mol. The molecule has 1 aromatic heterocycles. The van der Waals surface area contributed by atoms with Gasteiger partial charge in [0, 0.05) is 31.5 Å². The highest BCUT2D eigenvalue weighted by atomic mass is 16.5. The fourth-order valence-electron chi connectivity index (χ4n) is 4.32. The minimum atomic E-state index is -0.806. The number of hydrogen-bond donors (Lipinski definition) is 2. The number of H-pyrrole nitrogens is 1. The second-order valence-corrected chi connectivity index (χ2v) is 7.77. The van der Waals surface area contributed by atoms with Gasteiger partial charge in [-0.3, -0.25) is 9.59 Å². The van der Waals surface area contributed by atoms with E-state index >= 15 is 0 Å². The first-order valence-electron chi connectivity index (χ1n) is 10.1. The van der Waals surface area contributed by atoms with Gasteiger partial charge in [-0.1, -0.05) is 24.3 Å². The standard InChI is InChI=1S/C23H25N3O4/c1-30-19-9-5-8-18-22(19)25-20(24-18)12-17-14-26(11-10-16(17)13-21(27)28)23(29)15-6-3-2-4-7-15/h2-9,16-17H,10-14H2,1H3,(H,24,25)(H,27,28). The number of amides is 1. The molecule has 2 heterocycles. The van der Waals surface area contributed by atoms with Crippen molar-refractivity contribution >= 4 is 22.9 Å². The van der Waals surface area contributed by atoms with Crippen molar-refractivity contribution in [3.63, 3.8) is 0 Å². The summed E-state index contributed by atoms with van der Waals surface area (Å²) in [4.78, 5) is 34.2. The second-order valence-electron chi connectivity index (χ2n) is 7.77. The van der Waals surface area contributed by atoms with Crippen LogP contribution in [0.3, 0.4) is 0 Å². The van der Waals surface area contributed by atoms with Crippen LogP contribution in [0.2, 0.25) is 0 Å². The summed E-state index contributed by atoms with van der Waals surface area (Å²) in [5.74, 6) is 0.664. The van der Waals surface area contributed by atoms with Crippen LogP contribution in [-0.2, 0) is 11.2 Å². The van der Waals surface area contributed by atoms with E-state index in [1.54, 1.807) is 7.11 Å². The molecular formula is C23H25N3O4. The molecule has 0 aliphatic carbocycles. The number of para-hydroxylation sites is 1. The molecule has 156 valence electrons. The van der Waals surface area contributed by atoms with E-state index in [1.807, 2.05) is 53.4 Å². The summed E-state index contributed by atoms with van der Waals surface area (Å²) in [6.45, 7) is 1.08. The molecule has 7 nitrogen and oxygen atoms in total. The van der Waals surface area contributed by atoms with Gasteiger partial charge in [-0.15, -0.1) is 0 Å². The maximum Gasteiger partial charge on any atom is 0.303 e. The second kappa shape index (κ2) is 8.57. The van der Waals surface area contributed by atoms with E-state index in [0.717, 1.165) is 16.9 Å². The Hall–Kier alpha value is -3.35. The van der Waals surface area contributed by atoms with Crippen LogP contribution in [0.15, 0.2) is 48.5 Å². The molecule has 2 aromatic carbocycles. The Morgan fingerprint density at radius 1 is 1.17 bits per heavy atom. The van der Waals surface area contributed by atoms with Crippen LogP contribution < -0.4 is 4.74 Å². The predicted molar refractivity (Wildman–Crippen MR) is 113 cm³/mol. The van der Waals surface area contributed by atoms with Gasteiger partial charge in [-0.05, 0) is 42.5 Å². The Labute approximate surface area is 174 Å². The van der Waals surface area contributed by atoms with E-state index in [9.17, 15) is 14.7 Å². The third kappa shape index (κ3) is 4.15. The lowest BCUT2D eigenvalue weighted by Crippen LogP contribution is -2.45. The Bertz CT molecular complexity index is 1050. The largest absolute Gasteiger partial charge is 0.494 e. The third-order valence-electron chi connectivity index (χ3n) is 5.84. The molecule has 3 aromatic rings. The molecule has 7 heteroatoms. The molecule has 2 unspecified atom stereocenters. The van der Waals surface area contributed by atoms with Crippen LogP contribution in [0, 0.1) is 11.8 Å². The quantitative estimate of drug-likeness (QED) is 0.653. The molecule has 2 atom stereocenters. The summed E-state index contributed by atoms with van der Waals surface area (Å²) in [7, 11) is 1.61. The van der Waals surface area contributed by atoms with Crippen LogP contribution in [0.5, 0.6) is 5.75 Å². The average molecular weight is 407 g/mol. The van der Waals surface area contributed by atoms with Gasteiger partial charge < -0.3 is 19.7 Å². The summed E-state index contributed by atoms with van der Waals surface area (Å²) in [5.41, 5.74) is 2.30. The molecule has 1 aliphatic rings. The number of fused-ring (bicyclic) bond motifs is 1. The Morgan fingerprint density at radius 2 is 1.97 bits per heavy atom. The van der Waals surface area contributed by atoms with Gasteiger partial charge >= 0.3 is 5.97 Å². The fraction of sp³-hybridized carbons (Fsp3) is 0.348. The number of carboxylic acids is 1. The van der Waals surface area contributed by atoms with E-state index in [-0.39, 0.29) is 24.2 Å². The summed E-state index contributed by atoms with van der Waals surface area (Å²) in [6, 6.07) is 14.9. The van der Waals surface area contributed by atoms with Crippen molar-refractivity contribution in [1.29, 1.82) is 0 Å². The number of carbonyl (C=O) groups is 2. The minimum absolute atomic E-state index is 0.00238. The number of nitrogens with one attached hydrogen (secondary N) is 1. The van der Waals surface area contributed by atoms with Crippen LogP contribution in [0.25, 0.3) is 11.0 Å². The summed E-state index contributed by atoms with van der Waals surface area (Å²) < 4.78 is 5.39. The molecule has 1 amide bonds. The monoisotopic (exact) mass is 407 g/mol. The summed E-state index contributed by atoms with van der Waals surface area (Å²) >= 11 is 0. The molecule has 1 fully saturated rings. The van der Waals surface area contributed by atoms with Gasteiger partial charge in [0.15, 0.2) is 0 Å². The van der Waals surface area contributed by atoms with Gasteiger partial charge in [0.1, 0.15) is 17.1 Å². The number of carbonyl (C=O) groups excluding carboxylic acids is 1. The smallest absolute Gasteiger partial charge is 0.303 e. The zero-order chi connectivity index (χ0) is 21.1. The summed E-state index contributed by atoms with van der Waals surface area (Å²) in [5, 5.41) is 9.36. The topological polar surface area (TPSA) is 95.5 Å². The lowest BCUT2D eigenvalue weighted by atomic mass is 9.81.